The minimum Gasteiger partial charge on any atom is -0.481 e. The second-order valence-electron chi connectivity index (χ2n) is 5.05. The number of hydrogen-bond donors (Lipinski definition) is 1. The van der Waals surface area contributed by atoms with Crippen molar-refractivity contribution in [3.8, 4) is 17.7 Å². The Bertz CT molecular complexity index is 1000. The van der Waals surface area contributed by atoms with E-state index in [1.165, 1.54) is 24.3 Å². The summed E-state index contributed by atoms with van der Waals surface area (Å²) in [5.41, 5.74) is 0. The topological polar surface area (TPSA) is 160 Å². The minimum absolute atomic E-state index is 0.146. The van der Waals surface area contributed by atoms with E-state index < -0.39 is 32.7 Å². The second-order valence-corrected chi connectivity index (χ2v) is 6.92. The second kappa shape index (κ2) is 9.38. The lowest BCUT2D eigenvalue weighted by Gasteiger charge is -2.01. The van der Waals surface area contributed by atoms with Gasteiger partial charge in [0.1, 0.15) is 0 Å². The Labute approximate surface area is 158 Å². The Kier molecular flexibility index (Phi) is 6.94. The molecule has 0 aliphatic rings. The zero-order valence-electron chi connectivity index (χ0n) is 14.2. The van der Waals surface area contributed by atoms with Crippen LogP contribution in [0.3, 0.4) is 0 Å². The van der Waals surface area contributed by atoms with E-state index in [0.717, 1.165) is 0 Å². The molecule has 2 aromatic rings. The predicted molar refractivity (Wildman–Crippen MR) is 88.5 cm³/mol. The van der Waals surface area contributed by atoms with Crippen molar-refractivity contribution in [1.82, 2.24) is 5.16 Å². The fourth-order valence-electron chi connectivity index (χ4n) is 1.85. The van der Waals surface area contributed by atoms with Crippen molar-refractivity contribution >= 4 is 21.8 Å². The quantitative estimate of drug-likeness (QED) is 0.354. The first kappa shape index (κ1) is 20.7. The molecule has 11 nitrogen and oxygen atoms in total. The monoisotopic (exact) mass is 410 g/mol. The highest BCUT2D eigenvalue weighted by molar-refractivity contribution is 7.91. The Hall–Kier alpha value is -3.59. The molecule has 1 aromatic heterocycles. The maximum atomic E-state index is 12.5. The van der Waals surface area contributed by atoms with Gasteiger partial charge in [0.25, 0.3) is 9.84 Å². The highest BCUT2D eigenvalue weighted by atomic mass is 32.2. The normalized spacial score (nSPS) is 10.6. The first-order valence-corrected chi connectivity index (χ1v) is 9.16. The van der Waals surface area contributed by atoms with Gasteiger partial charge in [0.05, 0.1) is 22.9 Å². The molecule has 0 radical (unpaired) electrons. The summed E-state index contributed by atoms with van der Waals surface area (Å²) in [6.45, 7) is -0.673. The molecule has 1 heterocycles. The van der Waals surface area contributed by atoms with Gasteiger partial charge >= 0.3 is 22.8 Å². The molecule has 0 fully saturated rings. The molecule has 0 saturated heterocycles. The number of rotatable bonds is 8. The van der Waals surface area contributed by atoms with E-state index >= 15 is 0 Å². The standard InChI is InChI=1S/C16H14N2O9S/c19-13(20)8-9-14(21)25-10-4-5-11-26-15-16(18(22)27-17-15)28(23,24)12-6-2-1-3-7-12/h1-3,6-7H,8-11H2,(H,19,20). The average molecular weight is 410 g/mol. The van der Waals surface area contributed by atoms with Crippen LogP contribution in [-0.4, -0.2) is 43.8 Å². The maximum Gasteiger partial charge on any atom is 0.415 e. The lowest BCUT2D eigenvalue weighted by molar-refractivity contribution is -0.832. The molecule has 0 aliphatic heterocycles. The summed E-state index contributed by atoms with van der Waals surface area (Å²) in [6, 6.07) is 7.17. The number of esters is 1. The highest BCUT2D eigenvalue weighted by Gasteiger charge is 2.35. The van der Waals surface area contributed by atoms with Crippen LogP contribution in [0.15, 0.2) is 44.9 Å². The van der Waals surface area contributed by atoms with Gasteiger partial charge in [-0.15, -0.1) is 0 Å². The zero-order valence-corrected chi connectivity index (χ0v) is 15.0. The van der Waals surface area contributed by atoms with E-state index in [4.69, 9.17) is 9.84 Å². The van der Waals surface area contributed by atoms with Crippen molar-refractivity contribution in [2.45, 2.75) is 22.8 Å². The molecule has 12 heteroatoms. The van der Waals surface area contributed by atoms with Crippen LogP contribution in [0, 0.1) is 17.0 Å². The molecule has 148 valence electrons. The van der Waals surface area contributed by atoms with Crippen molar-refractivity contribution in [3.63, 3.8) is 0 Å². The Balaban J connectivity index is 1.95. The summed E-state index contributed by atoms with van der Waals surface area (Å²) >= 11 is 0. The van der Waals surface area contributed by atoms with E-state index in [0.29, 0.717) is 0 Å². The maximum absolute atomic E-state index is 12.5. The van der Waals surface area contributed by atoms with Gasteiger partial charge in [-0.1, -0.05) is 30.0 Å². The van der Waals surface area contributed by atoms with Crippen LogP contribution in [-0.2, 0) is 24.2 Å². The van der Waals surface area contributed by atoms with Crippen LogP contribution in [0.4, 0.5) is 0 Å². The molecule has 0 unspecified atom stereocenters. The number of carboxylic acid groups (broad SMARTS) is 1. The summed E-state index contributed by atoms with van der Waals surface area (Å²) in [7, 11) is -4.23. The van der Waals surface area contributed by atoms with Crippen molar-refractivity contribution in [1.29, 1.82) is 0 Å². The Morgan fingerprint density at radius 2 is 1.86 bits per heavy atom. The van der Waals surface area contributed by atoms with Crippen molar-refractivity contribution in [3.05, 3.63) is 35.5 Å². The lowest BCUT2D eigenvalue weighted by Crippen LogP contribution is -2.30. The SMILES string of the molecule is O=C(O)CCC(=O)OCC#CCOc1no[n+]([O-])c1S(=O)(=O)c1ccccc1. The number of carbonyl (C=O) groups excluding carboxylic acids is 1. The summed E-state index contributed by atoms with van der Waals surface area (Å²) in [5, 5.41) is 22.5. The first-order chi connectivity index (χ1) is 13.3. The van der Waals surface area contributed by atoms with E-state index in [-0.39, 0.29) is 35.9 Å². The molecule has 1 N–H and O–H groups in total. The smallest absolute Gasteiger partial charge is 0.415 e. The van der Waals surface area contributed by atoms with Gasteiger partial charge in [0.15, 0.2) is 13.2 Å². The third kappa shape index (κ3) is 5.45. The fourth-order valence-corrected chi connectivity index (χ4v) is 3.14. The van der Waals surface area contributed by atoms with Gasteiger partial charge in [-0.25, -0.2) is 8.42 Å². The molecule has 1 aromatic carbocycles. The number of benzene rings is 1. The Morgan fingerprint density at radius 1 is 1.18 bits per heavy atom. The average Bonchev–Trinajstić information content (AvgIpc) is 3.04. The molecular weight excluding hydrogens is 396 g/mol. The van der Waals surface area contributed by atoms with Crippen LogP contribution in [0.1, 0.15) is 12.8 Å². The van der Waals surface area contributed by atoms with E-state index in [2.05, 4.69) is 26.4 Å². The molecule has 2 rings (SSSR count). The highest BCUT2D eigenvalue weighted by Crippen LogP contribution is 2.24. The minimum atomic E-state index is -4.23. The van der Waals surface area contributed by atoms with Gasteiger partial charge in [-0.2, -0.15) is 0 Å². The largest absolute Gasteiger partial charge is 0.481 e. The summed E-state index contributed by atoms with van der Waals surface area (Å²) in [5.74, 6) is 2.43. The number of aliphatic carboxylic acids is 1. The lowest BCUT2D eigenvalue weighted by atomic mass is 10.3. The van der Waals surface area contributed by atoms with E-state index in [9.17, 15) is 23.2 Å². The number of hydrogen-bond acceptors (Lipinski definition) is 9. The first-order valence-electron chi connectivity index (χ1n) is 7.68. The molecule has 0 bridgehead atoms. The molecule has 28 heavy (non-hydrogen) atoms. The van der Waals surface area contributed by atoms with Crippen molar-refractivity contribution < 1.29 is 42.1 Å². The van der Waals surface area contributed by atoms with Crippen molar-refractivity contribution in [2.75, 3.05) is 13.2 Å². The van der Waals surface area contributed by atoms with Crippen LogP contribution in [0.25, 0.3) is 0 Å². The molecule has 0 spiro atoms. The number of carbonyl (C=O) groups is 2. The third-order valence-electron chi connectivity index (χ3n) is 3.11. The number of sulfone groups is 1. The van der Waals surface area contributed by atoms with E-state index in [1.807, 2.05) is 0 Å². The summed E-state index contributed by atoms with van der Waals surface area (Å²) in [6.07, 6.45) is -0.633. The van der Waals surface area contributed by atoms with Crippen molar-refractivity contribution in [2.24, 2.45) is 0 Å². The fraction of sp³-hybridized carbons (Fsp3) is 0.250. The molecule has 0 aliphatic carbocycles. The van der Waals surface area contributed by atoms with Crippen LogP contribution in [0.5, 0.6) is 5.88 Å². The van der Waals surface area contributed by atoms with Crippen LogP contribution in [0.2, 0.25) is 0 Å². The molecular formula is C16H14N2O9S. The molecule has 0 amide bonds. The number of ether oxygens (including phenoxy) is 2. The van der Waals surface area contributed by atoms with Gasteiger partial charge in [0.2, 0.25) is 0 Å². The van der Waals surface area contributed by atoms with Gasteiger partial charge in [0, 0.05) is 0 Å². The van der Waals surface area contributed by atoms with Crippen LogP contribution >= 0.6 is 0 Å². The Morgan fingerprint density at radius 3 is 2.54 bits per heavy atom. The zero-order chi connectivity index (χ0) is 20.6. The molecule has 0 saturated carbocycles. The summed E-state index contributed by atoms with van der Waals surface area (Å²) in [4.78, 5) is 21.1. The summed E-state index contributed by atoms with van der Waals surface area (Å²) < 4.78 is 39.1. The third-order valence-corrected chi connectivity index (χ3v) is 4.83. The number of nitrogens with zero attached hydrogens (tertiary/aromatic N) is 2. The van der Waals surface area contributed by atoms with Gasteiger partial charge in [-0.05, 0) is 17.0 Å². The molecule has 0 atom stereocenters. The number of carboxylic acids is 1. The van der Waals surface area contributed by atoms with E-state index in [1.54, 1.807) is 6.07 Å². The van der Waals surface area contributed by atoms with Gasteiger partial charge < -0.3 is 19.8 Å². The predicted octanol–water partition coefficient (Wildman–Crippen LogP) is -0.0690. The van der Waals surface area contributed by atoms with Crippen LogP contribution < -0.4 is 9.64 Å². The number of aromatic nitrogens is 2. The van der Waals surface area contributed by atoms with Gasteiger partial charge in [-0.3, -0.25) is 14.2 Å².